The third kappa shape index (κ3) is 1.60. The maximum atomic E-state index is 4.49. The van der Waals surface area contributed by atoms with E-state index in [2.05, 4.69) is 53.9 Å². The Kier molecular flexibility index (Phi) is 2.58. The normalized spacial score (nSPS) is 13.9. The van der Waals surface area contributed by atoms with Crippen molar-refractivity contribution in [1.82, 2.24) is 0 Å². The van der Waals surface area contributed by atoms with Crippen molar-refractivity contribution in [2.45, 2.75) is 9.79 Å². The molecule has 3 rings (SSSR count). The predicted molar refractivity (Wildman–Crippen MR) is 73.0 cm³/mol. The molecule has 2 aromatic rings. The fourth-order valence-electron chi connectivity index (χ4n) is 1.89. The molecular formula is C13H11NS2. The number of rotatable bonds is 1. The molecular weight excluding hydrogens is 234 g/mol. The summed E-state index contributed by atoms with van der Waals surface area (Å²) in [6, 6.07) is 16.7. The second-order valence-electron chi connectivity index (χ2n) is 3.66. The third-order valence-corrected chi connectivity index (χ3v) is 4.30. The Bertz CT molecular complexity index is 511. The van der Waals surface area contributed by atoms with Gasteiger partial charge in [-0.15, -0.1) is 24.4 Å². The summed E-state index contributed by atoms with van der Waals surface area (Å²) in [5.41, 5.74) is 2.51. The zero-order valence-corrected chi connectivity index (χ0v) is 10.3. The molecule has 2 aromatic carbocycles. The van der Waals surface area contributed by atoms with Gasteiger partial charge in [0.25, 0.3) is 0 Å². The van der Waals surface area contributed by atoms with Crippen molar-refractivity contribution in [2.75, 3.05) is 10.8 Å². The number of fused-ring (bicyclic) bond motifs is 1. The van der Waals surface area contributed by atoms with E-state index in [1.54, 1.807) is 0 Å². The fourth-order valence-corrected chi connectivity index (χ4v) is 3.38. The third-order valence-electron chi connectivity index (χ3n) is 2.67. The summed E-state index contributed by atoms with van der Waals surface area (Å²) >= 11 is 6.34. The van der Waals surface area contributed by atoms with Gasteiger partial charge in [-0.25, -0.2) is 0 Å². The Hall–Kier alpha value is -1.06. The van der Waals surface area contributed by atoms with Crippen LogP contribution in [-0.2, 0) is 0 Å². The lowest BCUT2D eigenvalue weighted by Crippen LogP contribution is -2.10. The Balaban J connectivity index is 2.07. The molecule has 0 aromatic heterocycles. The van der Waals surface area contributed by atoms with Crippen LogP contribution in [0.1, 0.15) is 0 Å². The molecule has 1 heterocycles. The minimum absolute atomic E-state index is 0.969. The Morgan fingerprint density at radius 3 is 2.62 bits per heavy atom. The summed E-state index contributed by atoms with van der Waals surface area (Å²) in [6.07, 6.45) is 0. The molecule has 80 valence electrons. The maximum Gasteiger partial charge on any atom is 0.0736 e. The first kappa shape index (κ1) is 10.1. The van der Waals surface area contributed by atoms with E-state index in [4.69, 9.17) is 0 Å². The molecule has 3 heteroatoms. The Morgan fingerprint density at radius 1 is 1.00 bits per heavy atom. The van der Waals surface area contributed by atoms with Gasteiger partial charge in [-0.3, -0.25) is 0 Å². The van der Waals surface area contributed by atoms with Crippen LogP contribution in [0.15, 0.2) is 58.3 Å². The summed E-state index contributed by atoms with van der Waals surface area (Å²) in [5, 5.41) is 0. The summed E-state index contributed by atoms with van der Waals surface area (Å²) in [7, 11) is 0. The number of thiol groups is 1. The van der Waals surface area contributed by atoms with Crippen LogP contribution in [0.4, 0.5) is 11.4 Å². The number of para-hydroxylation sites is 1. The predicted octanol–water partition coefficient (Wildman–Crippen LogP) is 4.18. The molecule has 0 atom stereocenters. The van der Waals surface area contributed by atoms with Gasteiger partial charge in [0.05, 0.1) is 11.6 Å². The van der Waals surface area contributed by atoms with Crippen LogP contribution in [0.5, 0.6) is 0 Å². The smallest absolute Gasteiger partial charge is 0.0736 e. The second-order valence-corrected chi connectivity index (χ2v) is 5.10. The Labute approximate surface area is 105 Å². The van der Waals surface area contributed by atoms with Gasteiger partial charge >= 0.3 is 0 Å². The first-order valence-electron chi connectivity index (χ1n) is 5.13. The van der Waals surface area contributed by atoms with E-state index in [-0.39, 0.29) is 0 Å². The molecule has 0 saturated carbocycles. The summed E-state index contributed by atoms with van der Waals surface area (Å²) in [6.45, 7) is 0. The van der Waals surface area contributed by atoms with Crippen molar-refractivity contribution >= 4 is 35.8 Å². The highest BCUT2D eigenvalue weighted by Crippen LogP contribution is 2.45. The topological polar surface area (TPSA) is 3.24 Å². The first-order chi connectivity index (χ1) is 7.86. The largest absolute Gasteiger partial charge is 0.330 e. The highest BCUT2D eigenvalue weighted by molar-refractivity contribution is 8.00. The minimum atomic E-state index is 0.969. The highest BCUT2D eigenvalue weighted by Gasteiger charge is 2.22. The van der Waals surface area contributed by atoms with E-state index in [1.807, 2.05) is 23.9 Å². The van der Waals surface area contributed by atoms with Crippen molar-refractivity contribution < 1.29 is 0 Å². The van der Waals surface area contributed by atoms with E-state index in [0.717, 1.165) is 10.8 Å². The summed E-state index contributed by atoms with van der Waals surface area (Å²) in [4.78, 5) is 4.68. The molecule has 1 nitrogen and oxygen atoms in total. The molecule has 0 unspecified atom stereocenters. The number of anilines is 2. The van der Waals surface area contributed by atoms with Gasteiger partial charge in [0, 0.05) is 15.5 Å². The van der Waals surface area contributed by atoms with Crippen LogP contribution in [0, 0.1) is 0 Å². The van der Waals surface area contributed by atoms with Crippen LogP contribution in [0.25, 0.3) is 0 Å². The lowest BCUT2D eigenvalue weighted by molar-refractivity contribution is 1.15. The molecule has 1 aliphatic heterocycles. The number of nitrogens with zero attached hydrogens (tertiary/aromatic N) is 1. The van der Waals surface area contributed by atoms with Crippen molar-refractivity contribution in [1.29, 1.82) is 0 Å². The minimum Gasteiger partial charge on any atom is -0.330 e. The average molecular weight is 245 g/mol. The average Bonchev–Trinajstić information content (AvgIpc) is 2.75. The van der Waals surface area contributed by atoms with Crippen LogP contribution in [-0.4, -0.2) is 5.88 Å². The molecule has 0 saturated heterocycles. The van der Waals surface area contributed by atoms with Gasteiger partial charge in [-0.1, -0.05) is 24.3 Å². The van der Waals surface area contributed by atoms with Crippen LogP contribution < -0.4 is 4.90 Å². The van der Waals surface area contributed by atoms with Crippen molar-refractivity contribution in [3.8, 4) is 0 Å². The SMILES string of the molecule is Sc1cccc2c1SCN2c1ccccc1. The number of benzene rings is 2. The van der Waals surface area contributed by atoms with Gasteiger partial charge in [0.2, 0.25) is 0 Å². The lowest BCUT2D eigenvalue weighted by atomic mass is 10.2. The zero-order chi connectivity index (χ0) is 11.0. The molecule has 0 bridgehead atoms. The number of thioether (sulfide) groups is 1. The van der Waals surface area contributed by atoms with E-state index in [9.17, 15) is 0 Å². The molecule has 0 spiro atoms. The number of hydrogen-bond donors (Lipinski definition) is 1. The van der Waals surface area contributed by atoms with Crippen LogP contribution >= 0.6 is 24.4 Å². The molecule has 1 aliphatic rings. The van der Waals surface area contributed by atoms with Crippen molar-refractivity contribution in [2.24, 2.45) is 0 Å². The first-order valence-corrected chi connectivity index (χ1v) is 6.57. The highest BCUT2D eigenvalue weighted by atomic mass is 32.2. The van der Waals surface area contributed by atoms with Gasteiger partial charge in [0.15, 0.2) is 0 Å². The van der Waals surface area contributed by atoms with Gasteiger partial charge in [-0.05, 0) is 24.3 Å². The van der Waals surface area contributed by atoms with Crippen LogP contribution in [0.2, 0.25) is 0 Å². The Morgan fingerprint density at radius 2 is 1.81 bits per heavy atom. The van der Waals surface area contributed by atoms with E-state index in [0.29, 0.717) is 0 Å². The standard InChI is InChI=1S/C13H11NS2/c15-12-8-4-7-11-13(12)16-9-14(11)10-5-2-1-3-6-10/h1-8,15H,9H2. The van der Waals surface area contributed by atoms with E-state index in [1.165, 1.54) is 16.3 Å². The zero-order valence-electron chi connectivity index (χ0n) is 8.63. The monoisotopic (exact) mass is 245 g/mol. The lowest BCUT2D eigenvalue weighted by Gasteiger charge is -2.18. The fraction of sp³-hybridized carbons (Fsp3) is 0.0769. The van der Waals surface area contributed by atoms with Gasteiger partial charge in [-0.2, -0.15) is 0 Å². The van der Waals surface area contributed by atoms with E-state index < -0.39 is 0 Å². The molecule has 16 heavy (non-hydrogen) atoms. The molecule has 0 amide bonds. The van der Waals surface area contributed by atoms with Gasteiger partial charge < -0.3 is 4.90 Å². The van der Waals surface area contributed by atoms with Gasteiger partial charge in [0.1, 0.15) is 0 Å². The maximum absolute atomic E-state index is 4.49. The van der Waals surface area contributed by atoms with Crippen molar-refractivity contribution in [3.05, 3.63) is 48.5 Å². The summed E-state index contributed by atoms with van der Waals surface area (Å²) in [5.74, 6) is 0.969. The molecule has 0 radical (unpaired) electrons. The molecule has 0 aliphatic carbocycles. The second kappa shape index (κ2) is 4.07. The molecule has 0 fully saturated rings. The summed E-state index contributed by atoms with van der Waals surface area (Å²) < 4.78 is 0. The number of hydrogen-bond acceptors (Lipinski definition) is 3. The van der Waals surface area contributed by atoms with Crippen LogP contribution in [0.3, 0.4) is 0 Å². The van der Waals surface area contributed by atoms with Crippen molar-refractivity contribution in [3.63, 3.8) is 0 Å². The van der Waals surface area contributed by atoms with E-state index >= 15 is 0 Å². The molecule has 0 N–H and O–H groups in total. The quantitative estimate of drug-likeness (QED) is 0.751.